The van der Waals surface area contributed by atoms with Crippen molar-refractivity contribution in [2.45, 2.75) is 6.54 Å². The van der Waals surface area contributed by atoms with E-state index in [0.29, 0.717) is 45.0 Å². The number of carbonyl (C=O) groups is 2. The van der Waals surface area contributed by atoms with Crippen LogP contribution in [0.2, 0.25) is 0 Å². The largest absolute Gasteiger partial charge is 0.351 e. The zero-order chi connectivity index (χ0) is 20.6. The van der Waals surface area contributed by atoms with Crippen molar-refractivity contribution in [2.75, 3.05) is 38.0 Å². The Bertz CT molecular complexity index is 849. The highest BCUT2D eigenvalue weighted by Crippen LogP contribution is 2.16. The highest BCUT2D eigenvalue weighted by Gasteiger charge is 2.22. The Morgan fingerprint density at radius 3 is 2.24 bits per heavy atom. The number of nitro groups is 1. The smallest absolute Gasteiger partial charge is 0.321 e. The van der Waals surface area contributed by atoms with Crippen molar-refractivity contribution >= 4 is 23.3 Å². The molecule has 3 rings (SSSR count). The maximum Gasteiger partial charge on any atom is 0.321 e. The lowest BCUT2D eigenvalue weighted by Crippen LogP contribution is -2.52. The van der Waals surface area contributed by atoms with Gasteiger partial charge in [-0.3, -0.25) is 19.8 Å². The van der Waals surface area contributed by atoms with E-state index < -0.39 is 4.92 Å². The van der Waals surface area contributed by atoms with Crippen LogP contribution in [-0.4, -0.2) is 59.4 Å². The number of nitrogens with zero attached hydrogens (tertiary/aromatic N) is 3. The van der Waals surface area contributed by atoms with Crippen LogP contribution in [0, 0.1) is 10.1 Å². The third-order valence-corrected chi connectivity index (χ3v) is 4.69. The Morgan fingerprint density at radius 1 is 0.966 bits per heavy atom. The summed E-state index contributed by atoms with van der Waals surface area (Å²) in [5.41, 5.74) is 1.53. The Kier molecular flexibility index (Phi) is 6.75. The standard InChI is InChI=1S/C20H23N5O4/c26-19(21-14-16-4-2-1-3-5-16)15-23-10-12-24(13-11-23)20(27)22-17-6-8-18(9-7-17)25(28)29/h1-9H,10-15H2,(H,21,26)(H,22,27). The van der Waals surface area contributed by atoms with E-state index in [1.54, 1.807) is 4.90 Å². The SMILES string of the molecule is O=C(CN1CCN(C(=O)Nc2ccc([N+](=O)[O-])cc2)CC1)NCc1ccccc1. The summed E-state index contributed by atoms with van der Waals surface area (Å²) in [6.45, 7) is 3.01. The number of nitrogens with one attached hydrogen (secondary N) is 2. The van der Waals surface area contributed by atoms with E-state index in [1.807, 2.05) is 35.2 Å². The van der Waals surface area contributed by atoms with E-state index in [0.717, 1.165) is 5.56 Å². The maximum atomic E-state index is 12.4. The minimum Gasteiger partial charge on any atom is -0.351 e. The zero-order valence-corrected chi connectivity index (χ0v) is 15.9. The van der Waals surface area contributed by atoms with Crippen LogP contribution in [0.25, 0.3) is 0 Å². The van der Waals surface area contributed by atoms with Gasteiger partial charge in [-0.15, -0.1) is 0 Å². The van der Waals surface area contributed by atoms with Crippen molar-refractivity contribution in [1.29, 1.82) is 0 Å². The van der Waals surface area contributed by atoms with Gasteiger partial charge < -0.3 is 15.5 Å². The van der Waals surface area contributed by atoms with Crippen molar-refractivity contribution in [3.8, 4) is 0 Å². The average molecular weight is 397 g/mol. The predicted octanol–water partition coefficient (Wildman–Crippen LogP) is 2.06. The number of piperazine rings is 1. The van der Waals surface area contributed by atoms with Crippen LogP contribution >= 0.6 is 0 Å². The summed E-state index contributed by atoms with van der Waals surface area (Å²) in [5, 5.41) is 16.3. The van der Waals surface area contributed by atoms with E-state index >= 15 is 0 Å². The lowest BCUT2D eigenvalue weighted by molar-refractivity contribution is -0.384. The fraction of sp³-hybridized carbons (Fsp3) is 0.300. The number of rotatable bonds is 6. The highest BCUT2D eigenvalue weighted by molar-refractivity contribution is 5.89. The molecule has 1 aliphatic heterocycles. The molecule has 0 bridgehead atoms. The summed E-state index contributed by atoms with van der Waals surface area (Å²) in [6.07, 6.45) is 0. The molecule has 0 unspecified atom stereocenters. The second-order valence-corrected chi connectivity index (χ2v) is 6.76. The molecule has 1 fully saturated rings. The first-order valence-electron chi connectivity index (χ1n) is 9.34. The first-order valence-corrected chi connectivity index (χ1v) is 9.34. The number of carbonyl (C=O) groups excluding carboxylic acids is 2. The third-order valence-electron chi connectivity index (χ3n) is 4.69. The first kappa shape index (κ1) is 20.3. The molecule has 0 radical (unpaired) electrons. The minimum absolute atomic E-state index is 0.0258. The van der Waals surface area contributed by atoms with Crippen molar-refractivity contribution in [2.24, 2.45) is 0 Å². The lowest BCUT2D eigenvalue weighted by atomic mass is 10.2. The summed E-state index contributed by atoms with van der Waals surface area (Å²) >= 11 is 0. The van der Waals surface area contributed by atoms with Crippen LogP contribution in [0.3, 0.4) is 0 Å². The second kappa shape index (κ2) is 9.65. The van der Waals surface area contributed by atoms with Gasteiger partial charge in [0.05, 0.1) is 11.5 Å². The predicted molar refractivity (Wildman–Crippen MR) is 108 cm³/mol. The van der Waals surface area contributed by atoms with E-state index in [4.69, 9.17) is 0 Å². The van der Waals surface area contributed by atoms with Crippen LogP contribution in [-0.2, 0) is 11.3 Å². The summed E-state index contributed by atoms with van der Waals surface area (Å²) in [7, 11) is 0. The molecule has 2 aromatic carbocycles. The molecule has 0 atom stereocenters. The van der Waals surface area contributed by atoms with E-state index in [1.165, 1.54) is 24.3 Å². The maximum absolute atomic E-state index is 12.4. The quantitative estimate of drug-likeness (QED) is 0.573. The molecule has 29 heavy (non-hydrogen) atoms. The van der Waals surface area contributed by atoms with Gasteiger partial charge in [-0.2, -0.15) is 0 Å². The molecular weight excluding hydrogens is 374 g/mol. The van der Waals surface area contributed by atoms with Gasteiger partial charge in [0.2, 0.25) is 5.91 Å². The lowest BCUT2D eigenvalue weighted by Gasteiger charge is -2.34. The van der Waals surface area contributed by atoms with Crippen LogP contribution < -0.4 is 10.6 Å². The summed E-state index contributed by atoms with van der Waals surface area (Å²) in [4.78, 5) is 38.4. The third kappa shape index (κ3) is 6.01. The number of non-ortho nitro benzene ring substituents is 1. The number of hydrogen-bond donors (Lipinski definition) is 2. The number of amides is 3. The zero-order valence-electron chi connectivity index (χ0n) is 15.9. The molecule has 2 aromatic rings. The van der Waals surface area contributed by atoms with Gasteiger partial charge in [-0.05, 0) is 17.7 Å². The van der Waals surface area contributed by atoms with E-state index in [9.17, 15) is 19.7 Å². The van der Waals surface area contributed by atoms with Crippen LogP contribution in [0.1, 0.15) is 5.56 Å². The second-order valence-electron chi connectivity index (χ2n) is 6.76. The number of anilines is 1. The van der Waals surface area contributed by atoms with Gasteiger partial charge in [0, 0.05) is 50.5 Å². The monoisotopic (exact) mass is 397 g/mol. The number of benzene rings is 2. The summed E-state index contributed by atoms with van der Waals surface area (Å²) < 4.78 is 0. The molecular formula is C20H23N5O4. The topological polar surface area (TPSA) is 108 Å². The average Bonchev–Trinajstić information content (AvgIpc) is 2.74. The van der Waals surface area contributed by atoms with Gasteiger partial charge in [0.1, 0.15) is 0 Å². The van der Waals surface area contributed by atoms with Gasteiger partial charge in [0.25, 0.3) is 5.69 Å². The number of hydrogen-bond acceptors (Lipinski definition) is 5. The Balaban J connectivity index is 1.39. The molecule has 9 nitrogen and oxygen atoms in total. The molecule has 1 saturated heterocycles. The molecule has 1 aliphatic rings. The van der Waals surface area contributed by atoms with Crippen LogP contribution in [0.15, 0.2) is 54.6 Å². The number of urea groups is 1. The van der Waals surface area contributed by atoms with Crippen molar-refractivity contribution in [3.05, 3.63) is 70.3 Å². The fourth-order valence-corrected chi connectivity index (χ4v) is 3.03. The fourth-order valence-electron chi connectivity index (χ4n) is 3.03. The Labute approximate surface area is 168 Å². The van der Waals surface area contributed by atoms with Crippen LogP contribution in [0.5, 0.6) is 0 Å². The summed E-state index contributed by atoms with van der Waals surface area (Å²) in [5.74, 6) is -0.0439. The normalized spacial score (nSPS) is 14.3. The summed E-state index contributed by atoms with van der Waals surface area (Å²) in [6, 6.07) is 15.2. The van der Waals surface area contributed by atoms with Gasteiger partial charge in [-0.25, -0.2) is 4.79 Å². The van der Waals surface area contributed by atoms with E-state index in [2.05, 4.69) is 10.6 Å². The highest BCUT2D eigenvalue weighted by atomic mass is 16.6. The van der Waals surface area contributed by atoms with Crippen LogP contribution in [0.4, 0.5) is 16.2 Å². The molecule has 0 aliphatic carbocycles. The van der Waals surface area contributed by atoms with E-state index in [-0.39, 0.29) is 17.6 Å². The molecule has 0 spiro atoms. The number of nitro benzene ring substituents is 1. The van der Waals surface area contributed by atoms with Gasteiger partial charge in [0.15, 0.2) is 0 Å². The van der Waals surface area contributed by atoms with Gasteiger partial charge in [-0.1, -0.05) is 30.3 Å². The Hall–Kier alpha value is -3.46. The van der Waals surface area contributed by atoms with Crippen molar-refractivity contribution in [1.82, 2.24) is 15.1 Å². The Morgan fingerprint density at radius 2 is 1.62 bits per heavy atom. The molecule has 9 heteroatoms. The molecule has 3 amide bonds. The molecule has 2 N–H and O–H groups in total. The van der Waals surface area contributed by atoms with Gasteiger partial charge >= 0.3 is 6.03 Å². The van der Waals surface area contributed by atoms with Crippen molar-refractivity contribution in [3.63, 3.8) is 0 Å². The molecule has 0 aromatic heterocycles. The van der Waals surface area contributed by atoms with Crippen molar-refractivity contribution < 1.29 is 14.5 Å². The molecule has 0 saturated carbocycles. The molecule has 152 valence electrons. The first-order chi connectivity index (χ1) is 14.0. The molecule has 1 heterocycles. The minimum atomic E-state index is -0.485.